The van der Waals surface area contributed by atoms with Crippen molar-refractivity contribution in [3.05, 3.63) is 29.6 Å². The predicted octanol–water partition coefficient (Wildman–Crippen LogP) is 4.29. The van der Waals surface area contributed by atoms with Crippen LogP contribution in [0.5, 0.6) is 0 Å². The first-order chi connectivity index (χ1) is 9.51. The Morgan fingerprint density at radius 3 is 2.35 bits per heavy atom. The first-order valence-corrected chi connectivity index (χ1v) is 7.74. The molecule has 1 fully saturated rings. The Kier molecular flexibility index (Phi) is 4.69. The molecular formula is C17H26FNO. The summed E-state index contributed by atoms with van der Waals surface area (Å²) in [5, 5.41) is 9.86. The zero-order valence-corrected chi connectivity index (χ0v) is 12.8. The number of piperidine rings is 1. The molecule has 0 bridgehead atoms. The minimum absolute atomic E-state index is 0.280. The highest BCUT2D eigenvalue weighted by Gasteiger charge is 2.32. The highest BCUT2D eigenvalue weighted by molar-refractivity contribution is 5.55. The van der Waals surface area contributed by atoms with E-state index in [1.165, 1.54) is 37.8 Å². The lowest BCUT2D eigenvalue weighted by atomic mass is 9.74. The molecule has 0 aliphatic carbocycles. The standard InChI is InChI=1S/C17H26FNO/c1-4-17(5-2)8-10-19(11-9-17)16-7-6-14(18)12-15(16)13(3)20/h6-7,12-13,20H,4-5,8-11H2,1-3H3/t13-/m1/s1. The van der Waals surface area contributed by atoms with Gasteiger partial charge >= 0.3 is 0 Å². The van der Waals surface area contributed by atoms with Crippen LogP contribution < -0.4 is 4.90 Å². The van der Waals surface area contributed by atoms with E-state index in [0.717, 1.165) is 18.8 Å². The number of hydrogen-bond acceptors (Lipinski definition) is 2. The molecule has 112 valence electrons. The van der Waals surface area contributed by atoms with Crippen molar-refractivity contribution in [2.24, 2.45) is 5.41 Å². The maximum absolute atomic E-state index is 13.4. The fourth-order valence-electron chi connectivity index (χ4n) is 3.33. The Labute approximate surface area is 121 Å². The monoisotopic (exact) mass is 279 g/mol. The van der Waals surface area contributed by atoms with Gasteiger partial charge in [0, 0.05) is 24.3 Å². The highest BCUT2D eigenvalue weighted by Crippen LogP contribution is 2.40. The third-order valence-corrected chi connectivity index (χ3v) is 5.10. The van der Waals surface area contributed by atoms with Gasteiger partial charge < -0.3 is 10.0 Å². The van der Waals surface area contributed by atoms with Gasteiger partial charge in [-0.3, -0.25) is 0 Å². The number of aliphatic hydroxyl groups is 1. The molecule has 1 aromatic carbocycles. The fourth-order valence-corrected chi connectivity index (χ4v) is 3.33. The van der Waals surface area contributed by atoms with Gasteiger partial charge in [-0.15, -0.1) is 0 Å². The molecule has 1 N–H and O–H groups in total. The van der Waals surface area contributed by atoms with Gasteiger partial charge in [0.25, 0.3) is 0 Å². The normalized spacial score (nSPS) is 19.9. The van der Waals surface area contributed by atoms with Gasteiger partial charge in [0.15, 0.2) is 0 Å². The largest absolute Gasteiger partial charge is 0.389 e. The Morgan fingerprint density at radius 1 is 1.25 bits per heavy atom. The summed E-state index contributed by atoms with van der Waals surface area (Å²) in [6, 6.07) is 4.76. The Balaban J connectivity index is 2.18. The van der Waals surface area contributed by atoms with Crippen molar-refractivity contribution in [1.82, 2.24) is 0 Å². The van der Waals surface area contributed by atoms with Crippen LogP contribution in [-0.4, -0.2) is 18.2 Å². The van der Waals surface area contributed by atoms with Crippen molar-refractivity contribution in [3.63, 3.8) is 0 Å². The number of nitrogens with zero attached hydrogens (tertiary/aromatic N) is 1. The lowest BCUT2D eigenvalue weighted by molar-refractivity contribution is 0.192. The average Bonchev–Trinajstić information content (AvgIpc) is 2.47. The molecule has 0 aromatic heterocycles. The zero-order chi connectivity index (χ0) is 14.8. The van der Waals surface area contributed by atoms with E-state index in [4.69, 9.17) is 0 Å². The van der Waals surface area contributed by atoms with Crippen LogP contribution in [0, 0.1) is 11.2 Å². The van der Waals surface area contributed by atoms with E-state index >= 15 is 0 Å². The van der Waals surface area contributed by atoms with Crippen molar-refractivity contribution in [2.45, 2.75) is 52.6 Å². The van der Waals surface area contributed by atoms with Gasteiger partial charge in [-0.2, -0.15) is 0 Å². The van der Waals surface area contributed by atoms with Crippen LogP contribution in [0.25, 0.3) is 0 Å². The molecule has 0 unspecified atom stereocenters. The minimum atomic E-state index is -0.635. The van der Waals surface area contributed by atoms with Gasteiger partial charge in [-0.25, -0.2) is 4.39 Å². The maximum atomic E-state index is 13.4. The zero-order valence-electron chi connectivity index (χ0n) is 12.8. The van der Waals surface area contributed by atoms with E-state index in [-0.39, 0.29) is 5.82 Å². The minimum Gasteiger partial charge on any atom is -0.389 e. The summed E-state index contributed by atoms with van der Waals surface area (Å²) >= 11 is 0. The molecule has 1 saturated heterocycles. The van der Waals surface area contributed by atoms with E-state index in [2.05, 4.69) is 18.7 Å². The van der Waals surface area contributed by atoms with E-state index in [0.29, 0.717) is 11.0 Å². The number of anilines is 1. The van der Waals surface area contributed by atoms with Crippen molar-refractivity contribution < 1.29 is 9.50 Å². The van der Waals surface area contributed by atoms with Crippen LogP contribution >= 0.6 is 0 Å². The third-order valence-electron chi connectivity index (χ3n) is 5.10. The Hall–Kier alpha value is -1.09. The molecular weight excluding hydrogens is 253 g/mol. The van der Waals surface area contributed by atoms with Crippen molar-refractivity contribution in [2.75, 3.05) is 18.0 Å². The maximum Gasteiger partial charge on any atom is 0.123 e. The quantitative estimate of drug-likeness (QED) is 0.889. The average molecular weight is 279 g/mol. The van der Waals surface area contributed by atoms with Gasteiger partial charge in [0.05, 0.1) is 6.10 Å². The van der Waals surface area contributed by atoms with Gasteiger partial charge in [-0.1, -0.05) is 26.7 Å². The van der Waals surface area contributed by atoms with Crippen molar-refractivity contribution in [1.29, 1.82) is 0 Å². The van der Waals surface area contributed by atoms with Crippen molar-refractivity contribution in [3.8, 4) is 0 Å². The number of hydrogen-bond donors (Lipinski definition) is 1. The molecule has 1 aromatic rings. The van der Waals surface area contributed by atoms with E-state index in [1.54, 1.807) is 6.92 Å². The second-order valence-electron chi connectivity index (χ2n) is 6.07. The summed E-state index contributed by atoms with van der Waals surface area (Å²) < 4.78 is 13.4. The molecule has 1 heterocycles. The topological polar surface area (TPSA) is 23.5 Å². The predicted molar refractivity (Wildman–Crippen MR) is 81.5 cm³/mol. The third kappa shape index (κ3) is 2.98. The second kappa shape index (κ2) is 6.13. The number of benzene rings is 1. The van der Waals surface area contributed by atoms with Gasteiger partial charge in [-0.05, 0) is 43.4 Å². The number of rotatable bonds is 4. The van der Waals surface area contributed by atoms with Crippen LogP contribution in [-0.2, 0) is 0 Å². The molecule has 1 atom stereocenters. The Morgan fingerprint density at radius 2 is 1.85 bits per heavy atom. The molecule has 0 saturated carbocycles. The molecule has 0 radical (unpaired) electrons. The van der Waals surface area contributed by atoms with E-state index in [1.807, 2.05) is 6.07 Å². The van der Waals surface area contributed by atoms with E-state index in [9.17, 15) is 9.50 Å². The number of aliphatic hydroxyl groups excluding tert-OH is 1. The lowest BCUT2D eigenvalue weighted by Crippen LogP contribution is -2.40. The molecule has 2 rings (SSSR count). The van der Waals surface area contributed by atoms with E-state index < -0.39 is 6.10 Å². The molecule has 2 nitrogen and oxygen atoms in total. The highest BCUT2D eigenvalue weighted by atomic mass is 19.1. The first-order valence-electron chi connectivity index (χ1n) is 7.74. The molecule has 20 heavy (non-hydrogen) atoms. The van der Waals surface area contributed by atoms with Crippen LogP contribution in [0.3, 0.4) is 0 Å². The Bertz CT molecular complexity index is 444. The summed E-state index contributed by atoms with van der Waals surface area (Å²) in [5.74, 6) is -0.280. The summed E-state index contributed by atoms with van der Waals surface area (Å²) in [7, 11) is 0. The molecule has 0 amide bonds. The van der Waals surface area contributed by atoms with Crippen LogP contribution in [0.15, 0.2) is 18.2 Å². The van der Waals surface area contributed by atoms with Crippen LogP contribution in [0.1, 0.15) is 58.1 Å². The summed E-state index contributed by atoms with van der Waals surface area (Å²) in [4.78, 5) is 2.30. The van der Waals surface area contributed by atoms with Crippen LogP contribution in [0.2, 0.25) is 0 Å². The van der Waals surface area contributed by atoms with Crippen molar-refractivity contribution >= 4 is 5.69 Å². The lowest BCUT2D eigenvalue weighted by Gasteiger charge is -2.42. The summed E-state index contributed by atoms with van der Waals surface area (Å²) in [6.45, 7) is 8.24. The summed E-state index contributed by atoms with van der Waals surface area (Å²) in [5.41, 5.74) is 2.16. The smallest absolute Gasteiger partial charge is 0.123 e. The SMILES string of the molecule is CCC1(CC)CCN(c2ccc(F)cc2[C@@H](C)O)CC1. The van der Waals surface area contributed by atoms with Gasteiger partial charge in [0.2, 0.25) is 0 Å². The fraction of sp³-hybridized carbons (Fsp3) is 0.647. The molecule has 0 spiro atoms. The van der Waals surface area contributed by atoms with Gasteiger partial charge in [0.1, 0.15) is 5.82 Å². The second-order valence-corrected chi connectivity index (χ2v) is 6.07. The molecule has 1 aliphatic heterocycles. The molecule has 1 aliphatic rings. The number of halogens is 1. The first kappa shape index (κ1) is 15.3. The van der Waals surface area contributed by atoms with Crippen LogP contribution in [0.4, 0.5) is 10.1 Å². The summed E-state index contributed by atoms with van der Waals surface area (Å²) in [6.07, 6.45) is 4.17. The molecule has 3 heteroatoms.